The van der Waals surface area contributed by atoms with E-state index in [0.29, 0.717) is 0 Å². The van der Waals surface area contributed by atoms with Crippen molar-refractivity contribution in [3.8, 4) is 0 Å². The number of fused-ring (bicyclic) bond motifs is 1. The minimum Gasteiger partial charge on any atom is -0.363 e. The fourth-order valence-corrected chi connectivity index (χ4v) is 2.84. The van der Waals surface area contributed by atoms with Gasteiger partial charge in [-0.1, -0.05) is 18.2 Å². The van der Waals surface area contributed by atoms with E-state index in [1.807, 2.05) is 0 Å². The van der Waals surface area contributed by atoms with Gasteiger partial charge in [0.05, 0.1) is 6.04 Å². The second kappa shape index (κ2) is 6.19. The fourth-order valence-electron chi connectivity index (χ4n) is 2.51. The second-order valence-corrected chi connectivity index (χ2v) is 5.37. The van der Waals surface area contributed by atoms with Gasteiger partial charge in [-0.05, 0) is 68.4 Å². The molecule has 0 fully saturated rings. The van der Waals surface area contributed by atoms with Gasteiger partial charge in [0.2, 0.25) is 0 Å². The smallest absolute Gasteiger partial charge is 0.166 e. The van der Waals surface area contributed by atoms with Crippen molar-refractivity contribution in [3.63, 3.8) is 0 Å². The van der Waals surface area contributed by atoms with Gasteiger partial charge in [0, 0.05) is 6.54 Å². The van der Waals surface area contributed by atoms with Crippen molar-refractivity contribution in [2.75, 3.05) is 6.54 Å². The van der Waals surface area contributed by atoms with Gasteiger partial charge in [0.15, 0.2) is 5.11 Å². The Morgan fingerprint density at radius 1 is 1.28 bits per heavy atom. The quantitative estimate of drug-likeness (QED) is 0.819. The molecule has 2 nitrogen and oxygen atoms in total. The van der Waals surface area contributed by atoms with Gasteiger partial charge >= 0.3 is 0 Å². The highest BCUT2D eigenvalue weighted by molar-refractivity contribution is 7.80. The molecule has 0 amide bonds. The zero-order valence-electron chi connectivity index (χ0n) is 11.3. The van der Waals surface area contributed by atoms with E-state index in [9.17, 15) is 0 Å². The maximum absolute atomic E-state index is 5.23. The van der Waals surface area contributed by atoms with Crippen molar-refractivity contribution in [1.29, 1.82) is 0 Å². The summed E-state index contributed by atoms with van der Waals surface area (Å²) in [6.45, 7) is 5.08. The number of benzene rings is 1. The first-order valence-corrected chi connectivity index (χ1v) is 7.27. The van der Waals surface area contributed by atoms with Gasteiger partial charge in [-0.2, -0.15) is 0 Å². The Kier molecular flexibility index (Phi) is 4.59. The molecule has 0 unspecified atom stereocenters. The number of nitrogens with one attached hydrogen (secondary N) is 2. The summed E-state index contributed by atoms with van der Waals surface area (Å²) in [7, 11) is 0. The van der Waals surface area contributed by atoms with Crippen molar-refractivity contribution < 1.29 is 0 Å². The maximum atomic E-state index is 5.23. The SMILES string of the molecule is CCNC(=S)N[C@H](C)c1ccc2c(c1)CCCC2. The van der Waals surface area contributed by atoms with Crippen LogP contribution in [-0.2, 0) is 12.8 Å². The van der Waals surface area contributed by atoms with Crippen LogP contribution in [0.3, 0.4) is 0 Å². The second-order valence-electron chi connectivity index (χ2n) is 4.96. The first-order chi connectivity index (χ1) is 8.70. The van der Waals surface area contributed by atoms with Crippen LogP contribution < -0.4 is 10.6 Å². The van der Waals surface area contributed by atoms with Gasteiger partial charge in [-0.3, -0.25) is 0 Å². The van der Waals surface area contributed by atoms with E-state index in [0.717, 1.165) is 11.7 Å². The van der Waals surface area contributed by atoms with Crippen molar-refractivity contribution in [1.82, 2.24) is 10.6 Å². The van der Waals surface area contributed by atoms with Crippen molar-refractivity contribution in [2.24, 2.45) is 0 Å². The molecule has 1 atom stereocenters. The van der Waals surface area contributed by atoms with Crippen LogP contribution in [0.15, 0.2) is 18.2 Å². The average molecular weight is 262 g/mol. The Hall–Kier alpha value is -1.09. The van der Waals surface area contributed by atoms with Crippen LogP contribution in [0.1, 0.15) is 49.4 Å². The third-order valence-corrected chi connectivity index (χ3v) is 3.82. The molecule has 18 heavy (non-hydrogen) atoms. The van der Waals surface area contributed by atoms with Gasteiger partial charge in [-0.25, -0.2) is 0 Å². The third kappa shape index (κ3) is 3.22. The lowest BCUT2D eigenvalue weighted by atomic mass is 9.89. The van der Waals surface area contributed by atoms with E-state index < -0.39 is 0 Å². The van der Waals surface area contributed by atoms with Gasteiger partial charge < -0.3 is 10.6 Å². The topological polar surface area (TPSA) is 24.1 Å². The van der Waals surface area contributed by atoms with E-state index in [2.05, 4.69) is 42.7 Å². The van der Waals surface area contributed by atoms with Crippen LogP contribution in [-0.4, -0.2) is 11.7 Å². The van der Waals surface area contributed by atoms with Crippen LogP contribution in [0.2, 0.25) is 0 Å². The summed E-state index contributed by atoms with van der Waals surface area (Å²) in [6.07, 6.45) is 5.14. The Balaban J connectivity index is 2.06. The van der Waals surface area contributed by atoms with E-state index >= 15 is 0 Å². The molecule has 0 radical (unpaired) electrons. The van der Waals surface area contributed by atoms with E-state index in [1.54, 1.807) is 0 Å². The largest absolute Gasteiger partial charge is 0.363 e. The molecule has 2 rings (SSSR count). The molecule has 3 heteroatoms. The molecule has 2 N–H and O–H groups in total. The molecule has 1 aliphatic carbocycles. The minimum atomic E-state index is 0.267. The summed E-state index contributed by atoms with van der Waals surface area (Å²) in [6, 6.07) is 7.14. The zero-order valence-corrected chi connectivity index (χ0v) is 12.1. The highest BCUT2D eigenvalue weighted by atomic mass is 32.1. The Bertz CT molecular complexity index is 429. The summed E-state index contributed by atoms with van der Waals surface area (Å²) < 4.78 is 0. The molecule has 98 valence electrons. The lowest BCUT2D eigenvalue weighted by Crippen LogP contribution is -2.36. The lowest BCUT2D eigenvalue weighted by molar-refractivity contribution is 0.671. The van der Waals surface area contributed by atoms with Crippen molar-refractivity contribution in [3.05, 3.63) is 34.9 Å². The molecule has 1 aliphatic rings. The van der Waals surface area contributed by atoms with Gasteiger partial charge in [0.1, 0.15) is 0 Å². The number of hydrogen-bond donors (Lipinski definition) is 2. The summed E-state index contributed by atoms with van der Waals surface area (Å²) >= 11 is 5.23. The maximum Gasteiger partial charge on any atom is 0.166 e. The first kappa shape index (κ1) is 13.3. The molecule has 0 heterocycles. The molecule has 0 saturated carbocycles. The molecule has 0 aliphatic heterocycles. The van der Waals surface area contributed by atoms with Crippen LogP contribution in [0.25, 0.3) is 0 Å². The summed E-state index contributed by atoms with van der Waals surface area (Å²) in [5.41, 5.74) is 4.39. The molecular weight excluding hydrogens is 240 g/mol. The Labute approximate surface area is 115 Å². The molecule has 0 spiro atoms. The Morgan fingerprint density at radius 3 is 2.72 bits per heavy atom. The fraction of sp³-hybridized carbons (Fsp3) is 0.533. The normalized spacial score (nSPS) is 15.7. The van der Waals surface area contributed by atoms with Gasteiger partial charge in [-0.15, -0.1) is 0 Å². The predicted molar refractivity (Wildman–Crippen MR) is 80.9 cm³/mol. The van der Waals surface area contributed by atoms with E-state index in [4.69, 9.17) is 12.2 Å². The highest BCUT2D eigenvalue weighted by Crippen LogP contribution is 2.24. The highest BCUT2D eigenvalue weighted by Gasteiger charge is 2.12. The average Bonchev–Trinajstić information content (AvgIpc) is 2.38. The first-order valence-electron chi connectivity index (χ1n) is 6.86. The molecule has 0 bridgehead atoms. The van der Waals surface area contributed by atoms with Gasteiger partial charge in [0.25, 0.3) is 0 Å². The van der Waals surface area contributed by atoms with Crippen LogP contribution in [0.5, 0.6) is 0 Å². The van der Waals surface area contributed by atoms with E-state index in [-0.39, 0.29) is 6.04 Å². The summed E-state index contributed by atoms with van der Waals surface area (Å²) in [4.78, 5) is 0. The zero-order chi connectivity index (χ0) is 13.0. The molecular formula is C15H22N2S. The van der Waals surface area contributed by atoms with Crippen molar-refractivity contribution in [2.45, 2.75) is 45.6 Å². The molecule has 1 aromatic carbocycles. The lowest BCUT2D eigenvalue weighted by Gasteiger charge is -2.21. The monoisotopic (exact) mass is 262 g/mol. The van der Waals surface area contributed by atoms with Crippen LogP contribution in [0.4, 0.5) is 0 Å². The molecule has 1 aromatic rings. The van der Waals surface area contributed by atoms with E-state index in [1.165, 1.54) is 42.4 Å². The molecule has 0 saturated heterocycles. The number of thiocarbonyl (C=S) groups is 1. The third-order valence-electron chi connectivity index (χ3n) is 3.56. The van der Waals surface area contributed by atoms with Crippen LogP contribution in [0, 0.1) is 0 Å². The number of aryl methyl sites for hydroxylation is 2. The van der Waals surface area contributed by atoms with Crippen molar-refractivity contribution >= 4 is 17.3 Å². The van der Waals surface area contributed by atoms with Crippen LogP contribution >= 0.6 is 12.2 Å². The molecule has 0 aromatic heterocycles. The summed E-state index contributed by atoms with van der Waals surface area (Å²) in [5.74, 6) is 0. The summed E-state index contributed by atoms with van der Waals surface area (Å²) in [5, 5.41) is 7.19. The minimum absolute atomic E-state index is 0.267. The predicted octanol–water partition coefficient (Wildman–Crippen LogP) is 3.11. The Morgan fingerprint density at radius 2 is 2.00 bits per heavy atom. The standard InChI is InChI=1S/C15H22N2S/c1-3-16-15(18)17-11(2)13-9-8-12-6-4-5-7-14(12)10-13/h8-11H,3-7H2,1-2H3,(H2,16,17,18)/t11-/m1/s1. The number of hydrogen-bond acceptors (Lipinski definition) is 1. The number of rotatable bonds is 3.